The Bertz CT molecular complexity index is 1580. The third-order valence-corrected chi connectivity index (χ3v) is 9.63. The molecule has 0 atom stereocenters. The number of rotatable bonds is 11. The van der Waals surface area contributed by atoms with Gasteiger partial charge in [0.2, 0.25) is 0 Å². The van der Waals surface area contributed by atoms with E-state index in [1.54, 1.807) is 38.7 Å². The number of halogens is 3. The summed E-state index contributed by atoms with van der Waals surface area (Å²) in [5, 5.41) is 15.0. The number of hydrogen-bond acceptors (Lipinski definition) is 10. The number of alkyl halides is 3. The van der Waals surface area contributed by atoms with Crippen LogP contribution in [0.3, 0.4) is 0 Å². The molecule has 4 rings (SSSR count). The molecule has 0 bridgehead atoms. The molecule has 2 aromatic carbocycles. The van der Waals surface area contributed by atoms with Gasteiger partial charge in [-0.3, -0.25) is 4.79 Å². The van der Waals surface area contributed by atoms with E-state index in [1.807, 2.05) is 6.07 Å². The van der Waals surface area contributed by atoms with Crippen molar-refractivity contribution in [3.8, 4) is 11.8 Å². The Morgan fingerprint density at radius 3 is 2.42 bits per heavy atom. The van der Waals surface area contributed by atoms with Gasteiger partial charge in [0.1, 0.15) is 0 Å². The van der Waals surface area contributed by atoms with E-state index in [0.717, 1.165) is 0 Å². The quantitative estimate of drug-likeness (QED) is 0.221. The number of nitrogens with zero attached hydrogens (tertiary/aromatic N) is 4. The second kappa shape index (κ2) is 11.9. The minimum atomic E-state index is -4.81. The summed E-state index contributed by atoms with van der Waals surface area (Å²) in [5.41, 5.74) is 0.698. The third-order valence-electron chi connectivity index (χ3n) is 6.71. The van der Waals surface area contributed by atoms with Crippen LogP contribution in [0, 0.1) is 11.3 Å². The Balaban J connectivity index is 1.69. The molecule has 0 saturated carbocycles. The van der Waals surface area contributed by atoms with Crippen LogP contribution in [0.1, 0.15) is 46.5 Å². The summed E-state index contributed by atoms with van der Waals surface area (Å²) in [6.07, 6.45) is -4.10. The number of carbonyl (C=O) groups excluding carboxylic acids is 1. The summed E-state index contributed by atoms with van der Waals surface area (Å²) >= 11 is 0. The molecular formula is C28H32F3N6O5P. The Labute approximate surface area is 246 Å². The predicted octanol–water partition coefficient (Wildman–Crippen LogP) is 5.94. The maximum atomic E-state index is 14.0. The number of anilines is 4. The van der Waals surface area contributed by atoms with Gasteiger partial charge < -0.3 is 4.90 Å². The summed E-state index contributed by atoms with van der Waals surface area (Å²) in [5.74, 6) is -0.902. The van der Waals surface area contributed by atoms with Gasteiger partial charge in [-0.1, -0.05) is 0 Å². The molecule has 0 aliphatic carbocycles. The van der Waals surface area contributed by atoms with E-state index in [4.69, 9.17) is 13.8 Å². The molecule has 43 heavy (non-hydrogen) atoms. The number of carbonyl (C=O) groups is 1. The molecule has 0 fully saturated rings. The van der Waals surface area contributed by atoms with Crippen molar-refractivity contribution < 1.29 is 36.6 Å². The van der Waals surface area contributed by atoms with Gasteiger partial charge in [0.25, 0.3) is 5.91 Å². The molecular weight excluding hydrogens is 588 g/mol. The van der Waals surface area contributed by atoms with Gasteiger partial charge >= 0.3 is 189 Å². The monoisotopic (exact) mass is 620 g/mol. The number of amides is 1. The second-order valence-electron chi connectivity index (χ2n) is 10.0. The first-order chi connectivity index (χ1) is 20.2. The zero-order valence-corrected chi connectivity index (χ0v) is 25.1. The molecule has 1 aliphatic heterocycles. The molecule has 15 heteroatoms. The van der Waals surface area contributed by atoms with Crippen LogP contribution in [0.5, 0.6) is 5.75 Å². The molecule has 1 aliphatic rings. The molecule has 1 aromatic heterocycles. The van der Waals surface area contributed by atoms with Crippen molar-refractivity contribution in [3.05, 3.63) is 64.3 Å². The predicted molar refractivity (Wildman–Crippen MR) is 156 cm³/mol. The molecule has 1 amide bonds. The second-order valence-corrected chi connectivity index (χ2v) is 13.9. The normalized spacial score (nSPS) is 14.1. The Morgan fingerprint density at radius 1 is 1.14 bits per heavy atom. The molecule has 0 spiro atoms. The van der Waals surface area contributed by atoms with E-state index in [-0.39, 0.29) is 48.7 Å². The zero-order valence-electron chi connectivity index (χ0n) is 24.2. The van der Waals surface area contributed by atoms with Crippen LogP contribution in [0.2, 0.25) is 0 Å². The standard InChI is InChI=1S/C28H32F3N6O5P/c1-6-41-43(5,39,42-7-2)16-17-8-10-21(23(12-17)40-4)35-27-33-14-20(28(29,30)31)25(36-27)34-22-11-9-18(13-32)19-15-37(3)26(38)24(19)22/h8-12,14,39H,6-7,15-16H2,1-5H3,(H2,33,34,35,36). The van der Waals surface area contributed by atoms with E-state index < -0.39 is 30.7 Å². The van der Waals surface area contributed by atoms with Crippen molar-refractivity contribution in [1.82, 2.24) is 14.9 Å². The number of aromatic nitrogens is 2. The number of ether oxygens (including phenoxy) is 1. The molecule has 230 valence electrons. The van der Waals surface area contributed by atoms with E-state index in [1.165, 1.54) is 31.2 Å². The van der Waals surface area contributed by atoms with E-state index in [9.17, 15) is 28.1 Å². The van der Waals surface area contributed by atoms with Gasteiger partial charge in [-0.2, -0.15) is 5.26 Å². The first-order valence-electron chi connectivity index (χ1n) is 13.2. The SMILES string of the molecule is CCOP(C)(O)(Cc1ccc(Nc2ncc(C(F)(F)F)c(Nc3ccc(C#N)c4c3C(=O)N(C)C4)n2)c(OC)c1)OCC. The molecule has 0 radical (unpaired) electrons. The van der Waals surface area contributed by atoms with Gasteiger partial charge in [-0.15, -0.1) is 0 Å². The van der Waals surface area contributed by atoms with Crippen LogP contribution < -0.4 is 15.4 Å². The van der Waals surface area contributed by atoms with E-state index in [0.29, 0.717) is 28.8 Å². The van der Waals surface area contributed by atoms with E-state index >= 15 is 0 Å². The maximum absolute atomic E-state index is 14.0. The Hall–Kier alpha value is -4.02. The number of nitriles is 1. The zero-order chi connectivity index (χ0) is 31.6. The van der Waals surface area contributed by atoms with Crippen molar-refractivity contribution in [1.29, 1.82) is 5.26 Å². The number of hydrogen-bond donors (Lipinski definition) is 3. The van der Waals surface area contributed by atoms with Crippen molar-refractivity contribution in [2.24, 2.45) is 0 Å². The van der Waals surface area contributed by atoms with Crippen molar-refractivity contribution >= 4 is 36.3 Å². The van der Waals surface area contributed by atoms with E-state index in [2.05, 4.69) is 20.6 Å². The fourth-order valence-electron chi connectivity index (χ4n) is 4.90. The van der Waals surface area contributed by atoms with Gasteiger partial charge in [0, 0.05) is 19.2 Å². The van der Waals surface area contributed by atoms with Gasteiger partial charge in [0.15, 0.2) is 0 Å². The molecule has 0 saturated heterocycles. The van der Waals surface area contributed by atoms with Crippen molar-refractivity contribution in [3.63, 3.8) is 0 Å². The first-order valence-corrected chi connectivity index (χ1v) is 15.9. The fourth-order valence-corrected chi connectivity index (χ4v) is 7.50. The summed E-state index contributed by atoms with van der Waals surface area (Å²) in [6, 6.07) is 9.77. The summed E-state index contributed by atoms with van der Waals surface area (Å²) < 4.78 is 58.7. The third kappa shape index (κ3) is 6.81. The van der Waals surface area contributed by atoms with Crippen LogP contribution in [0.15, 0.2) is 36.5 Å². The summed E-state index contributed by atoms with van der Waals surface area (Å²) in [4.78, 5) is 33.4. The Morgan fingerprint density at radius 2 is 1.81 bits per heavy atom. The van der Waals surface area contributed by atoms with Crippen LogP contribution in [-0.2, 0) is 27.9 Å². The van der Waals surface area contributed by atoms with Crippen LogP contribution in [-0.4, -0.2) is 59.7 Å². The molecule has 0 unspecified atom stereocenters. The number of benzene rings is 2. The fraction of sp³-hybridized carbons (Fsp3) is 0.357. The summed E-state index contributed by atoms with van der Waals surface area (Å²) in [7, 11) is -1.000. The van der Waals surface area contributed by atoms with Crippen molar-refractivity contribution in [2.45, 2.75) is 32.7 Å². The van der Waals surface area contributed by atoms with Gasteiger partial charge in [-0.25, -0.2) is 0 Å². The van der Waals surface area contributed by atoms with Gasteiger partial charge in [0.05, 0.1) is 11.6 Å². The van der Waals surface area contributed by atoms with Crippen LogP contribution in [0.25, 0.3) is 0 Å². The average Bonchev–Trinajstić information content (AvgIpc) is 3.23. The minimum absolute atomic E-state index is 0.0777. The first kappa shape index (κ1) is 31.9. The van der Waals surface area contributed by atoms with Crippen LogP contribution in [0.4, 0.5) is 36.3 Å². The topological polar surface area (TPSA) is 142 Å². The molecule has 3 N–H and O–H groups in total. The molecule has 2 heterocycles. The average molecular weight is 621 g/mol. The Kier molecular flexibility index (Phi) is 8.85. The van der Waals surface area contributed by atoms with Crippen molar-refractivity contribution in [2.75, 3.05) is 44.7 Å². The van der Waals surface area contributed by atoms with Crippen LogP contribution >= 0.6 is 7.28 Å². The number of fused-ring (bicyclic) bond motifs is 1. The molecule has 3 aromatic rings. The van der Waals surface area contributed by atoms with Gasteiger partial charge in [-0.05, 0) is 6.07 Å². The summed E-state index contributed by atoms with van der Waals surface area (Å²) in [6.45, 7) is 5.71. The number of nitrogens with one attached hydrogen (secondary N) is 2. The number of methoxy groups -OCH3 is 1. The molecule has 11 nitrogen and oxygen atoms in total.